The highest BCUT2D eigenvalue weighted by molar-refractivity contribution is 5.58. The fourth-order valence-electron chi connectivity index (χ4n) is 2.74. The molecule has 9 heteroatoms. The van der Waals surface area contributed by atoms with Gasteiger partial charge in [-0.1, -0.05) is 17.3 Å². The molecule has 8 nitrogen and oxygen atoms in total. The Bertz CT molecular complexity index is 1240. The molecule has 0 atom stereocenters. The molecule has 0 radical (unpaired) electrons. The van der Waals surface area contributed by atoms with Crippen LogP contribution in [0.3, 0.4) is 0 Å². The molecule has 0 aliphatic carbocycles. The van der Waals surface area contributed by atoms with E-state index in [1.165, 1.54) is 43.3 Å². The van der Waals surface area contributed by atoms with Gasteiger partial charge in [0.2, 0.25) is 11.3 Å². The average Bonchev–Trinajstić information content (AvgIpc) is 3.23. The van der Waals surface area contributed by atoms with Crippen molar-refractivity contribution >= 4 is 0 Å². The van der Waals surface area contributed by atoms with Crippen LogP contribution in [-0.4, -0.2) is 34.1 Å². The van der Waals surface area contributed by atoms with Crippen LogP contribution >= 0.6 is 0 Å². The van der Waals surface area contributed by atoms with Gasteiger partial charge in [-0.2, -0.15) is 10.1 Å². The van der Waals surface area contributed by atoms with Crippen LogP contribution in [0.2, 0.25) is 0 Å². The summed E-state index contributed by atoms with van der Waals surface area (Å²) < 4.78 is 31.1. The van der Waals surface area contributed by atoms with Gasteiger partial charge in [-0.25, -0.2) is 9.07 Å². The number of halogens is 1. The predicted octanol–water partition coefficient (Wildman–Crippen LogP) is 3.11. The zero-order chi connectivity index (χ0) is 20.4. The molecule has 0 saturated heterocycles. The number of hydrogen-bond donors (Lipinski definition) is 0. The SMILES string of the molecule is COc1ccc(-n2ccc(=O)c(-c3nc(-c4ccccc4F)no3)n2)cc1OC. The molecule has 0 aliphatic heterocycles. The molecule has 4 aromatic rings. The molecule has 146 valence electrons. The number of benzene rings is 2. The summed E-state index contributed by atoms with van der Waals surface area (Å²) in [5.41, 5.74) is 0.319. The van der Waals surface area contributed by atoms with E-state index in [9.17, 15) is 9.18 Å². The maximum absolute atomic E-state index is 14.0. The average molecular weight is 394 g/mol. The zero-order valence-corrected chi connectivity index (χ0v) is 15.5. The molecule has 0 amide bonds. The first-order valence-corrected chi connectivity index (χ1v) is 8.52. The van der Waals surface area contributed by atoms with Crippen LogP contribution in [0.1, 0.15) is 0 Å². The minimum absolute atomic E-state index is 0.0285. The smallest absolute Gasteiger partial charge is 0.282 e. The molecule has 0 N–H and O–H groups in total. The minimum Gasteiger partial charge on any atom is -0.493 e. The van der Waals surface area contributed by atoms with Gasteiger partial charge >= 0.3 is 0 Å². The van der Waals surface area contributed by atoms with Gasteiger partial charge in [0, 0.05) is 18.3 Å². The van der Waals surface area contributed by atoms with Crippen molar-refractivity contribution in [3.05, 3.63) is 70.8 Å². The third-order valence-corrected chi connectivity index (χ3v) is 4.18. The lowest BCUT2D eigenvalue weighted by Gasteiger charge is -2.11. The Kier molecular flexibility index (Phi) is 4.78. The van der Waals surface area contributed by atoms with Crippen molar-refractivity contribution in [1.82, 2.24) is 19.9 Å². The van der Waals surface area contributed by atoms with Crippen LogP contribution < -0.4 is 14.9 Å². The third-order valence-electron chi connectivity index (χ3n) is 4.18. The number of ether oxygens (including phenoxy) is 2. The van der Waals surface area contributed by atoms with Crippen molar-refractivity contribution in [2.45, 2.75) is 0 Å². The topological polar surface area (TPSA) is 92.3 Å². The van der Waals surface area contributed by atoms with Crippen LogP contribution in [0.15, 0.2) is 64.0 Å². The van der Waals surface area contributed by atoms with Gasteiger partial charge in [-0.15, -0.1) is 0 Å². The van der Waals surface area contributed by atoms with Crippen molar-refractivity contribution in [3.8, 4) is 40.2 Å². The highest BCUT2D eigenvalue weighted by Crippen LogP contribution is 2.29. The quantitative estimate of drug-likeness (QED) is 0.513. The van der Waals surface area contributed by atoms with E-state index in [1.807, 2.05) is 0 Å². The monoisotopic (exact) mass is 394 g/mol. The summed E-state index contributed by atoms with van der Waals surface area (Å²) in [6, 6.07) is 12.5. The molecule has 0 aliphatic rings. The van der Waals surface area contributed by atoms with E-state index in [0.717, 1.165) is 0 Å². The molecule has 2 aromatic heterocycles. The third kappa shape index (κ3) is 3.45. The summed E-state index contributed by atoms with van der Waals surface area (Å²) in [4.78, 5) is 16.4. The molecule has 0 fully saturated rings. The first kappa shape index (κ1) is 18.4. The molecule has 2 heterocycles. The maximum atomic E-state index is 14.0. The summed E-state index contributed by atoms with van der Waals surface area (Å²) in [5, 5.41) is 8.06. The Labute approximate surface area is 164 Å². The molecule has 0 saturated carbocycles. The van der Waals surface area contributed by atoms with Crippen LogP contribution in [0.5, 0.6) is 11.5 Å². The summed E-state index contributed by atoms with van der Waals surface area (Å²) in [6.07, 6.45) is 1.50. The van der Waals surface area contributed by atoms with E-state index < -0.39 is 11.2 Å². The Morgan fingerprint density at radius 1 is 1.03 bits per heavy atom. The van der Waals surface area contributed by atoms with Crippen molar-refractivity contribution < 1.29 is 18.4 Å². The van der Waals surface area contributed by atoms with E-state index in [0.29, 0.717) is 17.2 Å². The van der Waals surface area contributed by atoms with Crippen LogP contribution in [0, 0.1) is 5.82 Å². The lowest BCUT2D eigenvalue weighted by atomic mass is 10.2. The van der Waals surface area contributed by atoms with Gasteiger partial charge in [0.25, 0.3) is 5.89 Å². The van der Waals surface area contributed by atoms with E-state index in [-0.39, 0.29) is 23.0 Å². The van der Waals surface area contributed by atoms with E-state index in [1.54, 1.807) is 30.3 Å². The molecule has 29 heavy (non-hydrogen) atoms. The van der Waals surface area contributed by atoms with Crippen molar-refractivity contribution in [2.75, 3.05) is 14.2 Å². The second-order valence-corrected chi connectivity index (χ2v) is 5.92. The predicted molar refractivity (Wildman–Crippen MR) is 102 cm³/mol. The lowest BCUT2D eigenvalue weighted by molar-refractivity contribution is 0.354. The normalized spacial score (nSPS) is 10.7. The Hall–Kier alpha value is -4.01. The van der Waals surface area contributed by atoms with Crippen LogP contribution in [0.25, 0.3) is 28.7 Å². The second kappa shape index (κ2) is 7.55. The Morgan fingerprint density at radius 3 is 2.59 bits per heavy atom. The van der Waals surface area contributed by atoms with Gasteiger partial charge < -0.3 is 14.0 Å². The number of rotatable bonds is 5. The summed E-state index contributed by atoms with van der Waals surface area (Å²) >= 11 is 0. The van der Waals surface area contributed by atoms with E-state index in [2.05, 4.69) is 15.2 Å². The maximum Gasteiger partial charge on any atom is 0.282 e. The van der Waals surface area contributed by atoms with Gasteiger partial charge in [-0.05, 0) is 24.3 Å². The summed E-state index contributed by atoms with van der Waals surface area (Å²) in [6.45, 7) is 0. The number of nitrogens with zero attached hydrogens (tertiary/aromatic N) is 4. The first-order valence-electron chi connectivity index (χ1n) is 8.52. The van der Waals surface area contributed by atoms with Crippen molar-refractivity contribution in [2.24, 2.45) is 0 Å². The van der Waals surface area contributed by atoms with Gasteiger partial charge in [-0.3, -0.25) is 4.79 Å². The van der Waals surface area contributed by atoms with Gasteiger partial charge in [0.15, 0.2) is 17.2 Å². The van der Waals surface area contributed by atoms with E-state index in [4.69, 9.17) is 14.0 Å². The van der Waals surface area contributed by atoms with Crippen LogP contribution in [0.4, 0.5) is 4.39 Å². The highest BCUT2D eigenvalue weighted by Gasteiger charge is 2.18. The molecule has 4 rings (SSSR count). The Morgan fingerprint density at radius 2 is 1.83 bits per heavy atom. The van der Waals surface area contributed by atoms with Crippen LogP contribution in [-0.2, 0) is 0 Å². The minimum atomic E-state index is -0.497. The number of hydrogen-bond acceptors (Lipinski definition) is 7. The molecule has 0 bridgehead atoms. The molecular formula is C20H15FN4O4. The molecular weight excluding hydrogens is 379 g/mol. The largest absolute Gasteiger partial charge is 0.493 e. The van der Waals surface area contributed by atoms with Gasteiger partial charge in [0.1, 0.15) is 5.82 Å². The molecule has 0 spiro atoms. The zero-order valence-electron chi connectivity index (χ0n) is 15.5. The second-order valence-electron chi connectivity index (χ2n) is 5.92. The fraction of sp³-hybridized carbons (Fsp3) is 0.100. The van der Waals surface area contributed by atoms with Crippen molar-refractivity contribution in [1.29, 1.82) is 0 Å². The Balaban J connectivity index is 1.76. The van der Waals surface area contributed by atoms with Gasteiger partial charge in [0.05, 0.1) is 25.5 Å². The first-order chi connectivity index (χ1) is 14.1. The summed E-state index contributed by atoms with van der Waals surface area (Å²) in [7, 11) is 3.06. The lowest BCUT2D eigenvalue weighted by Crippen LogP contribution is -2.12. The standard InChI is InChI=1S/C20H15FN4O4/c1-27-16-8-7-12(11-17(16)28-2)25-10-9-15(26)18(23-25)20-22-19(24-29-20)13-5-3-4-6-14(13)21/h3-11H,1-2H3. The number of aromatic nitrogens is 4. The van der Waals surface area contributed by atoms with E-state index >= 15 is 0 Å². The molecule has 0 unspecified atom stereocenters. The highest BCUT2D eigenvalue weighted by atomic mass is 19.1. The summed E-state index contributed by atoms with van der Waals surface area (Å²) in [5.74, 6) is 0.489. The van der Waals surface area contributed by atoms with Crippen molar-refractivity contribution in [3.63, 3.8) is 0 Å². The number of methoxy groups -OCH3 is 2. The fourth-order valence-corrected chi connectivity index (χ4v) is 2.74. The molecule has 2 aromatic carbocycles.